The van der Waals surface area contributed by atoms with Crippen molar-refractivity contribution in [2.24, 2.45) is 5.73 Å². The number of nitrogens with one attached hydrogen (secondary N) is 1. The zero-order valence-electron chi connectivity index (χ0n) is 8.86. The van der Waals surface area contributed by atoms with Crippen LogP contribution in [0.5, 0.6) is 0 Å². The molecule has 0 saturated carbocycles. The predicted octanol–water partition coefficient (Wildman–Crippen LogP) is 0.376. The van der Waals surface area contributed by atoms with Gasteiger partial charge in [-0.15, -0.1) is 0 Å². The van der Waals surface area contributed by atoms with Crippen molar-refractivity contribution in [3.05, 3.63) is 23.4 Å². The van der Waals surface area contributed by atoms with Gasteiger partial charge in [0.2, 0.25) is 5.91 Å². The van der Waals surface area contributed by atoms with Gasteiger partial charge in [0.25, 0.3) is 0 Å². The van der Waals surface area contributed by atoms with Crippen LogP contribution >= 0.6 is 0 Å². The van der Waals surface area contributed by atoms with E-state index in [0.29, 0.717) is 18.1 Å². The van der Waals surface area contributed by atoms with Gasteiger partial charge in [0.15, 0.2) is 0 Å². The highest BCUT2D eigenvalue weighted by molar-refractivity contribution is 5.88. The van der Waals surface area contributed by atoms with Crippen molar-refractivity contribution in [1.29, 1.82) is 0 Å². The number of carboxylic acid groups (broad SMARTS) is 1. The molecule has 0 radical (unpaired) electrons. The minimum absolute atomic E-state index is 0.161. The first-order valence-corrected chi connectivity index (χ1v) is 4.73. The van der Waals surface area contributed by atoms with Gasteiger partial charge >= 0.3 is 5.97 Å². The zero-order valence-corrected chi connectivity index (χ0v) is 8.86. The molecule has 1 aromatic heterocycles. The van der Waals surface area contributed by atoms with Crippen molar-refractivity contribution in [1.82, 2.24) is 4.98 Å². The quantitative estimate of drug-likeness (QED) is 0.669. The summed E-state index contributed by atoms with van der Waals surface area (Å²) in [5, 5.41) is 11.7. The van der Waals surface area contributed by atoms with E-state index in [1.807, 2.05) is 0 Å². The fraction of sp³-hybridized carbons (Fsp3) is 0.300. The molecule has 1 heterocycles. The van der Waals surface area contributed by atoms with Crippen LogP contribution in [0.1, 0.15) is 22.5 Å². The number of pyridine rings is 1. The van der Waals surface area contributed by atoms with E-state index in [-0.39, 0.29) is 12.0 Å². The SMILES string of the molecule is Cc1cc(C(=O)O)cc(NCCC(N)=O)n1. The van der Waals surface area contributed by atoms with E-state index in [9.17, 15) is 9.59 Å². The van der Waals surface area contributed by atoms with Gasteiger partial charge in [-0.1, -0.05) is 0 Å². The Kier molecular flexibility index (Phi) is 3.82. The van der Waals surface area contributed by atoms with Gasteiger partial charge in [0.1, 0.15) is 5.82 Å². The molecule has 1 rings (SSSR count). The van der Waals surface area contributed by atoms with Crippen LogP contribution in [0.15, 0.2) is 12.1 Å². The number of rotatable bonds is 5. The summed E-state index contributed by atoms with van der Waals surface area (Å²) in [6.07, 6.45) is 0.179. The van der Waals surface area contributed by atoms with Crippen LogP contribution in [-0.4, -0.2) is 28.5 Å². The number of aromatic nitrogens is 1. The number of amides is 1. The average Bonchev–Trinajstić information content (AvgIpc) is 2.16. The summed E-state index contributed by atoms with van der Waals surface area (Å²) in [4.78, 5) is 25.3. The Hall–Kier alpha value is -2.11. The van der Waals surface area contributed by atoms with Crippen LogP contribution in [0, 0.1) is 6.92 Å². The highest BCUT2D eigenvalue weighted by atomic mass is 16.4. The molecule has 0 bridgehead atoms. The number of carboxylic acids is 1. The minimum Gasteiger partial charge on any atom is -0.478 e. The van der Waals surface area contributed by atoms with Crippen molar-refractivity contribution in [2.45, 2.75) is 13.3 Å². The van der Waals surface area contributed by atoms with Gasteiger partial charge in [0, 0.05) is 18.7 Å². The zero-order chi connectivity index (χ0) is 12.1. The molecular formula is C10H13N3O3. The first-order valence-electron chi connectivity index (χ1n) is 4.73. The van der Waals surface area contributed by atoms with Gasteiger partial charge in [-0.05, 0) is 19.1 Å². The number of carbonyl (C=O) groups is 2. The van der Waals surface area contributed by atoms with Gasteiger partial charge < -0.3 is 16.2 Å². The highest BCUT2D eigenvalue weighted by Crippen LogP contribution is 2.10. The highest BCUT2D eigenvalue weighted by Gasteiger charge is 2.06. The number of aryl methyl sites for hydroxylation is 1. The predicted molar refractivity (Wildman–Crippen MR) is 58.2 cm³/mol. The molecule has 1 aromatic rings. The summed E-state index contributed by atoms with van der Waals surface area (Å²) in [5.41, 5.74) is 5.73. The molecular weight excluding hydrogens is 210 g/mol. The maximum atomic E-state index is 10.8. The van der Waals surface area contributed by atoms with Crippen molar-refractivity contribution >= 4 is 17.7 Å². The summed E-state index contributed by atoms with van der Waals surface area (Å²) in [6.45, 7) is 2.04. The molecule has 1 amide bonds. The molecule has 6 heteroatoms. The largest absolute Gasteiger partial charge is 0.478 e. The fourth-order valence-corrected chi connectivity index (χ4v) is 1.20. The number of anilines is 1. The Morgan fingerprint density at radius 3 is 2.75 bits per heavy atom. The summed E-state index contributed by atoms with van der Waals surface area (Å²) in [6, 6.07) is 2.89. The number of hydrogen-bond donors (Lipinski definition) is 3. The lowest BCUT2D eigenvalue weighted by Crippen LogP contribution is -2.16. The van der Waals surface area contributed by atoms with E-state index in [1.54, 1.807) is 6.92 Å². The number of primary amides is 1. The maximum absolute atomic E-state index is 10.8. The van der Waals surface area contributed by atoms with E-state index in [0.717, 1.165) is 0 Å². The third-order valence-electron chi connectivity index (χ3n) is 1.88. The Bertz CT molecular complexity index is 418. The molecule has 0 aliphatic carbocycles. The molecule has 0 aliphatic heterocycles. The van der Waals surface area contributed by atoms with Crippen molar-refractivity contribution in [3.63, 3.8) is 0 Å². The van der Waals surface area contributed by atoms with E-state index < -0.39 is 11.9 Å². The topological polar surface area (TPSA) is 105 Å². The monoisotopic (exact) mass is 223 g/mol. The molecule has 0 aromatic carbocycles. The molecule has 0 atom stereocenters. The fourth-order valence-electron chi connectivity index (χ4n) is 1.20. The van der Waals surface area contributed by atoms with Crippen LogP contribution < -0.4 is 11.1 Å². The minimum atomic E-state index is -1.01. The van der Waals surface area contributed by atoms with Crippen molar-refractivity contribution in [2.75, 3.05) is 11.9 Å². The van der Waals surface area contributed by atoms with E-state index in [1.165, 1.54) is 12.1 Å². The van der Waals surface area contributed by atoms with Crippen molar-refractivity contribution in [3.8, 4) is 0 Å². The Morgan fingerprint density at radius 1 is 1.50 bits per heavy atom. The molecule has 0 saturated heterocycles. The third-order valence-corrected chi connectivity index (χ3v) is 1.88. The number of nitrogens with zero attached hydrogens (tertiary/aromatic N) is 1. The molecule has 0 fully saturated rings. The summed E-state index contributed by atoms with van der Waals surface area (Å²) < 4.78 is 0. The maximum Gasteiger partial charge on any atom is 0.335 e. The Balaban J connectivity index is 2.72. The molecule has 4 N–H and O–H groups in total. The number of aromatic carboxylic acids is 1. The molecule has 16 heavy (non-hydrogen) atoms. The van der Waals surface area contributed by atoms with Gasteiger partial charge in [-0.3, -0.25) is 4.79 Å². The Morgan fingerprint density at radius 2 is 2.19 bits per heavy atom. The van der Waals surface area contributed by atoms with Crippen LogP contribution in [0.25, 0.3) is 0 Å². The molecule has 86 valence electrons. The number of carbonyl (C=O) groups excluding carboxylic acids is 1. The molecule has 6 nitrogen and oxygen atoms in total. The van der Waals surface area contributed by atoms with Gasteiger partial charge in [0.05, 0.1) is 5.56 Å². The van der Waals surface area contributed by atoms with E-state index in [4.69, 9.17) is 10.8 Å². The van der Waals surface area contributed by atoms with E-state index in [2.05, 4.69) is 10.3 Å². The lowest BCUT2D eigenvalue weighted by Gasteiger charge is -2.06. The van der Waals surface area contributed by atoms with E-state index >= 15 is 0 Å². The standard InChI is InChI=1S/C10H13N3O3/c1-6-4-7(10(15)16)5-9(13-6)12-3-2-8(11)14/h4-5H,2-3H2,1H3,(H2,11,14)(H,12,13)(H,15,16). The third kappa shape index (κ3) is 3.56. The summed E-state index contributed by atoms with van der Waals surface area (Å²) in [5.74, 6) is -0.999. The number of hydrogen-bond acceptors (Lipinski definition) is 4. The van der Waals surface area contributed by atoms with Gasteiger partial charge in [-0.25, -0.2) is 9.78 Å². The van der Waals surface area contributed by atoms with Crippen LogP contribution in [0.2, 0.25) is 0 Å². The second-order valence-corrected chi connectivity index (χ2v) is 3.33. The first kappa shape index (κ1) is 12.0. The van der Waals surface area contributed by atoms with Crippen LogP contribution in [0.4, 0.5) is 5.82 Å². The molecule has 0 unspecified atom stereocenters. The summed E-state index contributed by atoms with van der Waals surface area (Å²) in [7, 11) is 0. The lowest BCUT2D eigenvalue weighted by atomic mass is 10.2. The van der Waals surface area contributed by atoms with Crippen LogP contribution in [-0.2, 0) is 4.79 Å². The summed E-state index contributed by atoms with van der Waals surface area (Å²) >= 11 is 0. The molecule has 0 aliphatic rings. The van der Waals surface area contributed by atoms with Crippen LogP contribution in [0.3, 0.4) is 0 Å². The second-order valence-electron chi connectivity index (χ2n) is 3.33. The Labute approximate surface area is 92.5 Å². The number of nitrogens with two attached hydrogens (primary N) is 1. The normalized spacial score (nSPS) is 9.81. The van der Waals surface area contributed by atoms with Crippen molar-refractivity contribution < 1.29 is 14.7 Å². The molecule has 0 spiro atoms. The van der Waals surface area contributed by atoms with Gasteiger partial charge in [-0.2, -0.15) is 0 Å². The first-order chi connectivity index (χ1) is 7.49. The lowest BCUT2D eigenvalue weighted by molar-refractivity contribution is -0.117. The smallest absolute Gasteiger partial charge is 0.335 e. The average molecular weight is 223 g/mol. The second kappa shape index (κ2) is 5.11.